The molecule has 1 aliphatic rings. The summed E-state index contributed by atoms with van der Waals surface area (Å²) < 4.78 is 5.32. The maximum atomic E-state index is 13.3. The van der Waals surface area contributed by atoms with Crippen LogP contribution in [0.5, 0.6) is 0 Å². The molecule has 1 saturated heterocycles. The number of aryl methyl sites for hydroxylation is 2. The van der Waals surface area contributed by atoms with Crippen molar-refractivity contribution in [1.29, 1.82) is 0 Å². The van der Waals surface area contributed by atoms with E-state index in [1.54, 1.807) is 30.9 Å². The molecule has 1 aromatic carbocycles. The molecule has 1 amide bonds. The molecule has 2 aromatic heterocycles. The molecule has 1 fully saturated rings. The minimum absolute atomic E-state index is 0.0369. The minimum Gasteiger partial charge on any atom is -0.360 e. The number of carbonyl (C=O) groups excluding carboxylic acids is 1. The number of carbonyl (C=O) groups is 1. The molecule has 0 aliphatic carbocycles. The first-order valence-corrected chi connectivity index (χ1v) is 10.1. The van der Waals surface area contributed by atoms with Crippen LogP contribution in [0.4, 0.5) is 11.5 Å². The van der Waals surface area contributed by atoms with Crippen LogP contribution in [0.3, 0.4) is 0 Å². The Labute approximate surface area is 183 Å². The van der Waals surface area contributed by atoms with Crippen molar-refractivity contribution in [1.82, 2.24) is 15.0 Å². The number of nitro groups is 1. The summed E-state index contributed by atoms with van der Waals surface area (Å²) >= 11 is 6.30. The van der Waals surface area contributed by atoms with Crippen LogP contribution in [0.2, 0.25) is 5.02 Å². The monoisotopic (exact) mass is 441 g/mol. The molecule has 31 heavy (non-hydrogen) atoms. The molecule has 0 N–H and O–H groups in total. The van der Waals surface area contributed by atoms with Crippen molar-refractivity contribution in [2.24, 2.45) is 0 Å². The van der Waals surface area contributed by atoms with Gasteiger partial charge in [-0.25, -0.2) is 4.98 Å². The Morgan fingerprint density at radius 2 is 1.90 bits per heavy atom. The van der Waals surface area contributed by atoms with E-state index in [0.717, 1.165) is 5.56 Å². The molecule has 3 heterocycles. The lowest BCUT2D eigenvalue weighted by Crippen LogP contribution is -2.49. The van der Waals surface area contributed by atoms with Crippen LogP contribution in [0.15, 0.2) is 41.1 Å². The summed E-state index contributed by atoms with van der Waals surface area (Å²) in [4.78, 5) is 31.8. The van der Waals surface area contributed by atoms with E-state index < -0.39 is 4.92 Å². The fourth-order valence-electron chi connectivity index (χ4n) is 3.72. The third kappa shape index (κ3) is 3.96. The molecule has 10 heteroatoms. The molecule has 1 aliphatic heterocycles. The fourth-order valence-corrected chi connectivity index (χ4v) is 3.95. The van der Waals surface area contributed by atoms with E-state index in [1.165, 1.54) is 12.3 Å². The maximum Gasteiger partial charge on any atom is 0.287 e. The van der Waals surface area contributed by atoms with Gasteiger partial charge in [0.05, 0.1) is 9.95 Å². The summed E-state index contributed by atoms with van der Waals surface area (Å²) in [5, 5.41) is 15.5. The highest BCUT2D eigenvalue weighted by atomic mass is 35.5. The van der Waals surface area contributed by atoms with Gasteiger partial charge in [-0.3, -0.25) is 14.9 Å². The summed E-state index contributed by atoms with van der Waals surface area (Å²) in [5.41, 5.74) is 2.18. The van der Waals surface area contributed by atoms with Crippen molar-refractivity contribution in [2.75, 3.05) is 31.1 Å². The molecule has 0 saturated carbocycles. The van der Waals surface area contributed by atoms with Crippen molar-refractivity contribution >= 4 is 29.0 Å². The Morgan fingerprint density at radius 3 is 2.55 bits per heavy atom. The molecular weight excluding hydrogens is 422 g/mol. The molecule has 160 valence electrons. The van der Waals surface area contributed by atoms with Crippen LogP contribution in [-0.2, 0) is 0 Å². The molecular formula is C21H20ClN5O4. The predicted molar refractivity (Wildman–Crippen MR) is 115 cm³/mol. The lowest BCUT2D eigenvalue weighted by Gasteiger charge is -2.36. The number of piperazine rings is 1. The van der Waals surface area contributed by atoms with Gasteiger partial charge in [-0.15, -0.1) is 0 Å². The predicted octanol–water partition coefficient (Wildman–Crippen LogP) is 3.88. The average Bonchev–Trinajstić information content (AvgIpc) is 3.14. The van der Waals surface area contributed by atoms with Crippen LogP contribution in [0, 0.1) is 24.0 Å². The van der Waals surface area contributed by atoms with Crippen LogP contribution in [0.25, 0.3) is 11.3 Å². The first kappa shape index (κ1) is 20.8. The number of hydrogen-bond donors (Lipinski definition) is 0. The molecule has 0 spiro atoms. The smallest absolute Gasteiger partial charge is 0.287 e. The van der Waals surface area contributed by atoms with Gasteiger partial charge in [-0.2, -0.15) is 0 Å². The zero-order valence-corrected chi connectivity index (χ0v) is 17.8. The number of anilines is 1. The molecule has 0 unspecified atom stereocenters. The van der Waals surface area contributed by atoms with Gasteiger partial charge in [0, 0.05) is 37.8 Å². The van der Waals surface area contributed by atoms with Gasteiger partial charge in [0.15, 0.2) is 0 Å². The van der Waals surface area contributed by atoms with Crippen LogP contribution >= 0.6 is 11.6 Å². The van der Waals surface area contributed by atoms with E-state index in [-0.39, 0.29) is 11.6 Å². The Kier molecular flexibility index (Phi) is 5.60. The van der Waals surface area contributed by atoms with Gasteiger partial charge in [0.1, 0.15) is 29.0 Å². The third-order valence-corrected chi connectivity index (χ3v) is 5.65. The van der Waals surface area contributed by atoms with Crippen LogP contribution in [0.1, 0.15) is 21.7 Å². The normalized spacial score (nSPS) is 14.0. The lowest BCUT2D eigenvalue weighted by atomic mass is 10.0. The summed E-state index contributed by atoms with van der Waals surface area (Å²) in [6, 6.07) is 8.70. The first-order valence-electron chi connectivity index (χ1n) is 9.73. The molecule has 0 atom stereocenters. The third-order valence-electron chi connectivity index (χ3n) is 5.32. The van der Waals surface area contributed by atoms with Gasteiger partial charge in [0.25, 0.3) is 11.6 Å². The highest BCUT2D eigenvalue weighted by Gasteiger charge is 2.30. The quantitative estimate of drug-likeness (QED) is 0.446. The SMILES string of the molecule is Cc1cc([N+](=O)[O-])cnc1N1CCN(C(=O)c2c(-c3ccccc3Cl)noc2C)CC1. The Morgan fingerprint density at radius 1 is 1.19 bits per heavy atom. The summed E-state index contributed by atoms with van der Waals surface area (Å²) in [6.07, 6.45) is 1.26. The van der Waals surface area contributed by atoms with Crippen molar-refractivity contribution in [3.8, 4) is 11.3 Å². The fraction of sp³-hybridized carbons (Fsp3) is 0.286. The minimum atomic E-state index is -0.460. The Bertz CT molecular complexity index is 1150. The first-order chi connectivity index (χ1) is 14.9. The standard InChI is InChI=1S/C21H20ClN5O4/c1-13-11-15(27(29)30)12-23-20(13)25-7-9-26(10-8-25)21(28)18-14(2)31-24-19(18)16-5-3-4-6-17(16)22/h3-6,11-12H,7-10H2,1-2H3. The summed E-state index contributed by atoms with van der Waals surface area (Å²) in [5.74, 6) is 0.965. The molecule has 0 radical (unpaired) electrons. The van der Waals surface area contributed by atoms with Crippen LogP contribution < -0.4 is 4.90 Å². The van der Waals surface area contributed by atoms with Gasteiger partial charge in [-0.05, 0) is 25.5 Å². The van der Waals surface area contributed by atoms with Crippen molar-refractivity contribution in [3.63, 3.8) is 0 Å². The summed E-state index contributed by atoms with van der Waals surface area (Å²) in [6.45, 7) is 5.57. The number of nitrogens with zero attached hydrogens (tertiary/aromatic N) is 5. The maximum absolute atomic E-state index is 13.3. The van der Waals surface area contributed by atoms with E-state index in [0.29, 0.717) is 59.6 Å². The van der Waals surface area contributed by atoms with E-state index in [4.69, 9.17) is 16.1 Å². The average molecular weight is 442 g/mol. The number of aromatic nitrogens is 2. The van der Waals surface area contributed by atoms with E-state index >= 15 is 0 Å². The highest BCUT2D eigenvalue weighted by molar-refractivity contribution is 6.33. The lowest BCUT2D eigenvalue weighted by molar-refractivity contribution is -0.385. The number of rotatable bonds is 4. The van der Waals surface area contributed by atoms with E-state index in [9.17, 15) is 14.9 Å². The zero-order valence-electron chi connectivity index (χ0n) is 17.0. The van der Waals surface area contributed by atoms with Gasteiger partial charge >= 0.3 is 0 Å². The molecule has 4 rings (SSSR count). The van der Waals surface area contributed by atoms with Gasteiger partial charge in [-0.1, -0.05) is 35.0 Å². The highest BCUT2D eigenvalue weighted by Crippen LogP contribution is 2.32. The van der Waals surface area contributed by atoms with Gasteiger partial charge < -0.3 is 14.3 Å². The number of pyridine rings is 1. The number of benzene rings is 1. The topological polar surface area (TPSA) is 106 Å². The second-order valence-electron chi connectivity index (χ2n) is 7.31. The zero-order chi connectivity index (χ0) is 22.1. The van der Waals surface area contributed by atoms with Crippen molar-refractivity contribution in [3.05, 3.63) is 68.6 Å². The van der Waals surface area contributed by atoms with E-state index in [1.807, 2.05) is 17.0 Å². The molecule has 9 nitrogen and oxygen atoms in total. The second kappa shape index (κ2) is 8.35. The molecule has 0 bridgehead atoms. The molecule has 3 aromatic rings. The number of hydrogen-bond acceptors (Lipinski definition) is 7. The largest absolute Gasteiger partial charge is 0.360 e. The Balaban J connectivity index is 1.52. The van der Waals surface area contributed by atoms with Crippen molar-refractivity contribution < 1.29 is 14.2 Å². The van der Waals surface area contributed by atoms with Crippen LogP contribution in [-0.4, -0.2) is 52.1 Å². The van der Waals surface area contributed by atoms with E-state index in [2.05, 4.69) is 10.1 Å². The van der Waals surface area contributed by atoms with Gasteiger partial charge in [0.2, 0.25) is 0 Å². The Hall–Kier alpha value is -3.46. The second-order valence-corrected chi connectivity index (χ2v) is 7.72. The number of halogens is 1. The van der Waals surface area contributed by atoms with Crippen molar-refractivity contribution in [2.45, 2.75) is 13.8 Å². The number of amides is 1. The summed E-state index contributed by atoms with van der Waals surface area (Å²) in [7, 11) is 0.